The van der Waals surface area contributed by atoms with E-state index in [4.69, 9.17) is 0 Å². The standard InChI is InChI=1S/C17H17N3O3S/c21-15(10-18-7-5-12-3-1-2-4-14(12)18)19-8-6-13(9-19)20-16(22)11-24-17(20)23/h1-5,7,13H,6,8-11H2. The van der Waals surface area contributed by atoms with E-state index in [1.54, 1.807) is 4.90 Å². The van der Waals surface area contributed by atoms with Gasteiger partial charge in [-0.2, -0.15) is 0 Å². The number of hydrogen-bond acceptors (Lipinski definition) is 4. The van der Waals surface area contributed by atoms with E-state index in [0.717, 1.165) is 22.7 Å². The van der Waals surface area contributed by atoms with Crippen LogP contribution in [0.4, 0.5) is 4.79 Å². The molecule has 1 aromatic carbocycles. The molecule has 1 atom stereocenters. The van der Waals surface area contributed by atoms with Crippen molar-refractivity contribution in [2.75, 3.05) is 18.8 Å². The van der Waals surface area contributed by atoms with Crippen molar-refractivity contribution in [3.8, 4) is 0 Å². The van der Waals surface area contributed by atoms with Gasteiger partial charge < -0.3 is 9.47 Å². The Kier molecular flexibility index (Phi) is 3.80. The lowest BCUT2D eigenvalue weighted by molar-refractivity contribution is -0.132. The van der Waals surface area contributed by atoms with Crippen LogP contribution in [0.5, 0.6) is 0 Å². The number of carbonyl (C=O) groups is 3. The lowest BCUT2D eigenvalue weighted by Gasteiger charge is -2.22. The number of fused-ring (bicyclic) bond motifs is 1. The van der Waals surface area contributed by atoms with Gasteiger partial charge in [0, 0.05) is 24.8 Å². The van der Waals surface area contributed by atoms with E-state index in [1.165, 1.54) is 4.90 Å². The molecule has 124 valence electrons. The number of para-hydroxylation sites is 1. The maximum absolute atomic E-state index is 12.6. The Balaban J connectivity index is 1.44. The molecule has 2 saturated heterocycles. The molecule has 1 unspecified atom stereocenters. The fourth-order valence-electron chi connectivity index (χ4n) is 3.42. The van der Waals surface area contributed by atoms with E-state index < -0.39 is 0 Å². The predicted octanol–water partition coefficient (Wildman–Crippen LogP) is 1.94. The summed E-state index contributed by atoms with van der Waals surface area (Å²) in [6.45, 7) is 1.30. The Hall–Kier alpha value is -2.28. The monoisotopic (exact) mass is 343 g/mol. The zero-order valence-corrected chi connectivity index (χ0v) is 13.9. The van der Waals surface area contributed by atoms with Crippen molar-refractivity contribution in [3.63, 3.8) is 0 Å². The van der Waals surface area contributed by atoms with Gasteiger partial charge in [0.1, 0.15) is 6.54 Å². The second kappa shape index (κ2) is 5.98. The van der Waals surface area contributed by atoms with Gasteiger partial charge in [0.15, 0.2) is 0 Å². The largest absolute Gasteiger partial charge is 0.339 e. The quantitative estimate of drug-likeness (QED) is 0.854. The molecule has 0 spiro atoms. The lowest BCUT2D eigenvalue weighted by atomic mass is 10.2. The summed E-state index contributed by atoms with van der Waals surface area (Å²) in [7, 11) is 0. The number of carbonyl (C=O) groups excluding carboxylic acids is 3. The van der Waals surface area contributed by atoms with Crippen molar-refractivity contribution in [2.24, 2.45) is 0 Å². The molecule has 2 fully saturated rings. The first-order valence-corrected chi connectivity index (χ1v) is 8.92. The van der Waals surface area contributed by atoms with Gasteiger partial charge in [0.25, 0.3) is 5.24 Å². The zero-order valence-electron chi connectivity index (χ0n) is 13.1. The molecule has 7 heteroatoms. The van der Waals surface area contributed by atoms with Crippen LogP contribution in [0.2, 0.25) is 0 Å². The van der Waals surface area contributed by atoms with Crippen LogP contribution in [-0.4, -0.2) is 56.3 Å². The molecule has 4 rings (SSSR count). The molecule has 0 bridgehead atoms. The topological polar surface area (TPSA) is 62.6 Å². The fourth-order valence-corrected chi connectivity index (χ4v) is 4.20. The number of thioether (sulfide) groups is 1. The van der Waals surface area contributed by atoms with Crippen molar-refractivity contribution >= 4 is 39.7 Å². The first-order chi connectivity index (χ1) is 11.6. The van der Waals surface area contributed by atoms with Gasteiger partial charge in [-0.05, 0) is 23.9 Å². The van der Waals surface area contributed by atoms with E-state index >= 15 is 0 Å². The molecule has 3 amide bonds. The minimum atomic E-state index is -0.185. The molecule has 2 aliphatic heterocycles. The number of aromatic nitrogens is 1. The van der Waals surface area contributed by atoms with E-state index in [-0.39, 0.29) is 35.4 Å². The number of nitrogens with zero attached hydrogens (tertiary/aromatic N) is 3. The van der Waals surface area contributed by atoms with Crippen LogP contribution < -0.4 is 0 Å². The van der Waals surface area contributed by atoms with Crippen molar-refractivity contribution in [3.05, 3.63) is 36.5 Å². The van der Waals surface area contributed by atoms with Crippen LogP contribution in [0.3, 0.4) is 0 Å². The molecular formula is C17H17N3O3S. The van der Waals surface area contributed by atoms with Crippen LogP contribution in [0.25, 0.3) is 10.9 Å². The van der Waals surface area contributed by atoms with Gasteiger partial charge in [-0.25, -0.2) is 0 Å². The van der Waals surface area contributed by atoms with Crippen LogP contribution in [-0.2, 0) is 16.1 Å². The summed E-state index contributed by atoms with van der Waals surface area (Å²) in [4.78, 5) is 39.3. The summed E-state index contributed by atoms with van der Waals surface area (Å²) in [5, 5.41) is 0.922. The summed E-state index contributed by atoms with van der Waals surface area (Å²) in [6, 6.07) is 9.76. The third kappa shape index (κ3) is 2.58. The van der Waals surface area contributed by atoms with Crippen LogP contribution in [0, 0.1) is 0 Å². The maximum Gasteiger partial charge on any atom is 0.289 e. The number of hydrogen-bond donors (Lipinski definition) is 0. The van der Waals surface area contributed by atoms with Crippen LogP contribution in [0.15, 0.2) is 36.5 Å². The number of imide groups is 1. The van der Waals surface area contributed by atoms with Gasteiger partial charge in [-0.15, -0.1) is 0 Å². The molecule has 0 radical (unpaired) electrons. The highest BCUT2D eigenvalue weighted by Crippen LogP contribution is 2.26. The fraction of sp³-hybridized carbons (Fsp3) is 0.353. The Morgan fingerprint density at radius 2 is 2.04 bits per heavy atom. The van der Waals surface area contributed by atoms with Gasteiger partial charge in [-0.3, -0.25) is 19.3 Å². The lowest BCUT2D eigenvalue weighted by Crippen LogP contribution is -2.42. The average molecular weight is 343 g/mol. The van der Waals surface area contributed by atoms with Gasteiger partial charge in [0.2, 0.25) is 11.8 Å². The van der Waals surface area contributed by atoms with Crippen molar-refractivity contribution in [1.82, 2.24) is 14.4 Å². The minimum Gasteiger partial charge on any atom is -0.339 e. The summed E-state index contributed by atoms with van der Waals surface area (Å²) >= 11 is 1.05. The predicted molar refractivity (Wildman–Crippen MR) is 91.6 cm³/mol. The Morgan fingerprint density at radius 3 is 2.83 bits per heavy atom. The van der Waals surface area contributed by atoms with E-state index in [2.05, 4.69) is 0 Å². The molecule has 24 heavy (non-hydrogen) atoms. The summed E-state index contributed by atoms with van der Waals surface area (Å²) in [6.07, 6.45) is 2.58. The van der Waals surface area contributed by atoms with Gasteiger partial charge in [-0.1, -0.05) is 30.0 Å². The number of likely N-dealkylation sites (tertiary alicyclic amines) is 1. The number of benzene rings is 1. The highest BCUT2D eigenvalue weighted by molar-refractivity contribution is 8.14. The highest BCUT2D eigenvalue weighted by atomic mass is 32.2. The molecule has 2 aliphatic rings. The highest BCUT2D eigenvalue weighted by Gasteiger charge is 2.40. The smallest absolute Gasteiger partial charge is 0.289 e. The minimum absolute atomic E-state index is 0.0191. The molecule has 3 heterocycles. The SMILES string of the molecule is O=C(Cn1ccc2ccccc21)N1CCC(N2C(=O)CSC2=O)C1. The summed E-state index contributed by atoms with van der Waals surface area (Å²) in [5.74, 6) is 0.102. The van der Waals surface area contributed by atoms with Crippen molar-refractivity contribution in [1.29, 1.82) is 0 Å². The van der Waals surface area contributed by atoms with Crippen molar-refractivity contribution < 1.29 is 14.4 Å². The maximum atomic E-state index is 12.6. The third-order valence-electron chi connectivity index (χ3n) is 4.65. The Morgan fingerprint density at radius 1 is 1.21 bits per heavy atom. The number of rotatable bonds is 3. The second-order valence-corrected chi connectivity index (χ2v) is 7.03. The third-order valence-corrected chi connectivity index (χ3v) is 5.49. The molecule has 0 saturated carbocycles. The molecule has 0 aliphatic carbocycles. The van der Waals surface area contributed by atoms with E-state index in [9.17, 15) is 14.4 Å². The molecule has 1 aromatic heterocycles. The molecule has 6 nitrogen and oxygen atoms in total. The normalized spacial score (nSPS) is 21.2. The van der Waals surface area contributed by atoms with Crippen molar-refractivity contribution in [2.45, 2.75) is 19.0 Å². The summed E-state index contributed by atoms with van der Waals surface area (Å²) < 4.78 is 1.94. The Bertz CT molecular complexity index is 815. The molecular weight excluding hydrogens is 326 g/mol. The van der Waals surface area contributed by atoms with Gasteiger partial charge >= 0.3 is 0 Å². The van der Waals surface area contributed by atoms with Crippen LogP contribution in [0.1, 0.15) is 6.42 Å². The molecule has 0 N–H and O–H groups in total. The zero-order chi connectivity index (χ0) is 16.7. The first kappa shape index (κ1) is 15.3. The van der Waals surface area contributed by atoms with Gasteiger partial charge in [0.05, 0.1) is 11.8 Å². The number of amides is 3. The summed E-state index contributed by atoms with van der Waals surface area (Å²) in [5.41, 5.74) is 1.03. The van der Waals surface area contributed by atoms with Crippen LogP contribution >= 0.6 is 11.8 Å². The average Bonchev–Trinajstić information content (AvgIpc) is 3.28. The first-order valence-electron chi connectivity index (χ1n) is 7.94. The van der Waals surface area contributed by atoms with E-state index in [1.807, 2.05) is 41.1 Å². The second-order valence-electron chi connectivity index (χ2n) is 6.10. The Labute approximate surface area is 143 Å². The molecule has 2 aromatic rings. The van der Waals surface area contributed by atoms with E-state index in [0.29, 0.717) is 19.5 Å².